The van der Waals surface area contributed by atoms with Crippen LogP contribution in [0.4, 0.5) is 13.6 Å². The van der Waals surface area contributed by atoms with Crippen LogP contribution >= 0.6 is 0 Å². The maximum absolute atomic E-state index is 15.3. The number of rotatable bonds is 3. The summed E-state index contributed by atoms with van der Waals surface area (Å²) in [5.41, 5.74) is -0.947. The number of imidazole rings is 1. The molecule has 0 spiro atoms. The summed E-state index contributed by atoms with van der Waals surface area (Å²) in [4.78, 5) is 38.5. The summed E-state index contributed by atoms with van der Waals surface area (Å²) in [5.74, 6) is -2.98. The Balaban J connectivity index is 1.58. The second-order valence-corrected chi connectivity index (χ2v) is 10.3. The number of likely N-dealkylation sites (tertiary alicyclic amines) is 1. The Kier molecular flexibility index (Phi) is 6.17. The van der Waals surface area contributed by atoms with Crippen LogP contribution in [0, 0.1) is 11.6 Å². The zero-order valence-electron chi connectivity index (χ0n) is 20.9. The molecule has 1 fully saturated rings. The van der Waals surface area contributed by atoms with Crippen LogP contribution in [-0.4, -0.2) is 46.8 Å². The SMILES string of the molecule is O=C(O)N1C(C2CCCCc3cccnc32)CC(n2c(=O)[nH]c3ncccc32)C[C@]1(O)c1cccc(F)c1F. The number of H-pyrrole nitrogens is 1. The van der Waals surface area contributed by atoms with Crippen LogP contribution in [0.15, 0.2) is 59.7 Å². The monoisotopic (exact) mass is 535 g/mol. The molecule has 202 valence electrons. The number of benzene rings is 1. The lowest BCUT2D eigenvalue weighted by molar-refractivity contribution is -0.161. The van der Waals surface area contributed by atoms with E-state index in [-0.39, 0.29) is 12.8 Å². The topological polar surface area (TPSA) is 124 Å². The number of pyridine rings is 2. The predicted octanol–water partition coefficient (Wildman–Crippen LogP) is 4.44. The summed E-state index contributed by atoms with van der Waals surface area (Å²) >= 11 is 0. The van der Waals surface area contributed by atoms with E-state index in [2.05, 4.69) is 15.0 Å². The van der Waals surface area contributed by atoms with Crippen LogP contribution in [0.3, 0.4) is 0 Å². The van der Waals surface area contributed by atoms with E-state index in [0.29, 0.717) is 17.6 Å². The minimum absolute atomic E-state index is 0.147. The van der Waals surface area contributed by atoms with Crippen molar-refractivity contribution in [1.82, 2.24) is 24.4 Å². The summed E-state index contributed by atoms with van der Waals surface area (Å²) in [5, 5.41) is 22.7. The van der Waals surface area contributed by atoms with Gasteiger partial charge in [-0.3, -0.25) is 19.4 Å². The first kappa shape index (κ1) is 25.2. The fourth-order valence-electron chi connectivity index (χ4n) is 6.57. The lowest BCUT2D eigenvalue weighted by Gasteiger charge is -2.51. The Bertz CT molecular complexity index is 1620. The summed E-state index contributed by atoms with van der Waals surface area (Å²) in [7, 11) is 0. The molecule has 0 radical (unpaired) electrons. The zero-order chi connectivity index (χ0) is 27.3. The second kappa shape index (κ2) is 9.57. The molecule has 1 aromatic carbocycles. The van der Waals surface area contributed by atoms with Gasteiger partial charge in [0.05, 0.1) is 5.52 Å². The number of aromatic amines is 1. The molecular formula is C28H27F2N5O4. The molecule has 1 amide bonds. The quantitative estimate of drug-likeness (QED) is 0.333. The molecule has 3 unspecified atom stereocenters. The molecular weight excluding hydrogens is 508 g/mol. The number of nitrogens with one attached hydrogen (secondary N) is 1. The van der Waals surface area contributed by atoms with Crippen LogP contribution in [0.5, 0.6) is 0 Å². The fourth-order valence-corrected chi connectivity index (χ4v) is 6.57. The van der Waals surface area contributed by atoms with Crippen molar-refractivity contribution in [1.29, 1.82) is 0 Å². The molecule has 3 N–H and O–H groups in total. The molecule has 2 aliphatic rings. The minimum atomic E-state index is -2.47. The molecule has 4 aromatic rings. The van der Waals surface area contributed by atoms with Crippen molar-refractivity contribution in [3.8, 4) is 0 Å². The third kappa shape index (κ3) is 4.08. The van der Waals surface area contributed by atoms with Crippen LogP contribution in [0.1, 0.15) is 60.9 Å². The maximum atomic E-state index is 15.3. The van der Waals surface area contributed by atoms with Crippen LogP contribution in [-0.2, 0) is 12.1 Å². The number of amides is 1. The lowest BCUT2D eigenvalue weighted by Crippen LogP contribution is -2.61. The van der Waals surface area contributed by atoms with Crippen molar-refractivity contribution in [3.05, 3.63) is 93.8 Å². The average Bonchev–Trinajstić information content (AvgIpc) is 3.10. The molecule has 0 saturated carbocycles. The van der Waals surface area contributed by atoms with Gasteiger partial charge in [0, 0.05) is 48.1 Å². The van der Waals surface area contributed by atoms with Gasteiger partial charge < -0.3 is 10.2 Å². The molecule has 9 nitrogen and oxygen atoms in total. The summed E-state index contributed by atoms with van der Waals surface area (Å²) in [6.07, 6.45) is 4.51. The molecule has 4 atom stereocenters. The molecule has 3 aromatic heterocycles. The summed E-state index contributed by atoms with van der Waals surface area (Å²) < 4.78 is 31.2. The highest BCUT2D eigenvalue weighted by Gasteiger charge is 2.54. The number of nitrogens with zero attached hydrogens (tertiary/aromatic N) is 4. The predicted molar refractivity (Wildman–Crippen MR) is 137 cm³/mol. The van der Waals surface area contributed by atoms with E-state index in [1.54, 1.807) is 18.3 Å². The third-order valence-electron chi connectivity index (χ3n) is 8.16. The maximum Gasteiger partial charge on any atom is 0.410 e. The molecule has 1 aliphatic carbocycles. The van der Waals surface area contributed by atoms with Crippen LogP contribution < -0.4 is 5.69 Å². The number of halogens is 2. The molecule has 39 heavy (non-hydrogen) atoms. The summed E-state index contributed by atoms with van der Waals surface area (Å²) in [6, 6.07) is 8.82. The van der Waals surface area contributed by atoms with Crippen molar-refractivity contribution >= 4 is 17.3 Å². The lowest BCUT2D eigenvalue weighted by atomic mass is 9.77. The Morgan fingerprint density at radius 2 is 1.87 bits per heavy atom. The smallest absolute Gasteiger partial charge is 0.410 e. The van der Waals surface area contributed by atoms with Crippen LogP contribution in [0.25, 0.3) is 11.2 Å². The van der Waals surface area contributed by atoms with Gasteiger partial charge in [-0.05, 0) is 55.5 Å². The first-order valence-corrected chi connectivity index (χ1v) is 13.0. The highest BCUT2D eigenvalue weighted by atomic mass is 19.2. The van der Waals surface area contributed by atoms with Gasteiger partial charge in [0.2, 0.25) is 0 Å². The van der Waals surface area contributed by atoms with E-state index in [9.17, 15) is 24.2 Å². The van der Waals surface area contributed by atoms with Gasteiger partial charge in [0.1, 0.15) is 0 Å². The number of piperidine rings is 1. The van der Waals surface area contributed by atoms with Gasteiger partial charge in [-0.15, -0.1) is 0 Å². The highest BCUT2D eigenvalue weighted by Crippen LogP contribution is 2.49. The standard InChI is InChI=1S/C28H27F2N5O4/c29-20-10-3-9-19(23(20)30)28(39)15-17(34-21-11-5-13-32-25(21)33-26(34)36)14-22(35(28)27(37)38)18-8-2-1-6-16-7-4-12-31-24(16)18/h3-5,7,9-13,17-18,22,39H,1-2,6,8,14-15H2,(H,37,38)(H,32,33,36)/t17?,18?,22?,28-/m0/s1. The number of hydrogen-bond acceptors (Lipinski definition) is 5. The third-order valence-corrected chi connectivity index (χ3v) is 8.16. The van der Waals surface area contributed by atoms with Gasteiger partial charge in [-0.1, -0.05) is 24.6 Å². The van der Waals surface area contributed by atoms with E-state index >= 15 is 4.39 Å². The van der Waals surface area contributed by atoms with Gasteiger partial charge in [0.15, 0.2) is 23.0 Å². The Morgan fingerprint density at radius 3 is 2.69 bits per heavy atom. The zero-order valence-corrected chi connectivity index (χ0v) is 20.9. The number of fused-ring (bicyclic) bond motifs is 2. The Hall–Kier alpha value is -4.12. The Labute approximate surface area is 221 Å². The second-order valence-electron chi connectivity index (χ2n) is 10.3. The van der Waals surface area contributed by atoms with Gasteiger partial charge in [-0.2, -0.15) is 0 Å². The van der Waals surface area contributed by atoms with Crippen molar-refractivity contribution in [2.45, 2.75) is 62.3 Å². The molecule has 1 aliphatic heterocycles. The van der Waals surface area contributed by atoms with Gasteiger partial charge >= 0.3 is 11.8 Å². The van der Waals surface area contributed by atoms with Crippen LogP contribution in [0.2, 0.25) is 0 Å². The van der Waals surface area contributed by atoms with Crippen molar-refractivity contribution < 1.29 is 23.8 Å². The van der Waals surface area contributed by atoms with E-state index in [0.717, 1.165) is 41.5 Å². The highest BCUT2D eigenvalue weighted by molar-refractivity contribution is 5.71. The largest absolute Gasteiger partial charge is 0.465 e. The first-order chi connectivity index (χ1) is 18.8. The van der Waals surface area contributed by atoms with Crippen molar-refractivity contribution in [3.63, 3.8) is 0 Å². The number of aliphatic hydroxyl groups is 1. The Morgan fingerprint density at radius 1 is 1.08 bits per heavy atom. The van der Waals surface area contributed by atoms with Crippen molar-refractivity contribution in [2.75, 3.05) is 0 Å². The molecule has 4 heterocycles. The van der Waals surface area contributed by atoms with E-state index in [1.807, 2.05) is 12.1 Å². The number of hydrogen-bond donors (Lipinski definition) is 3. The van der Waals surface area contributed by atoms with Gasteiger partial charge in [0.25, 0.3) is 0 Å². The number of carbonyl (C=O) groups is 1. The number of aryl methyl sites for hydroxylation is 1. The summed E-state index contributed by atoms with van der Waals surface area (Å²) in [6.45, 7) is 0. The minimum Gasteiger partial charge on any atom is -0.465 e. The number of aromatic nitrogens is 4. The molecule has 11 heteroatoms. The molecule has 6 rings (SSSR count). The van der Waals surface area contributed by atoms with E-state index in [4.69, 9.17) is 0 Å². The van der Waals surface area contributed by atoms with Crippen molar-refractivity contribution in [2.24, 2.45) is 0 Å². The average molecular weight is 536 g/mol. The first-order valence-electron chi connectivity index (χ1n) is 13.0. The van der Waals surface area contributed by atoms with E-state index in [1.165, 1.54) is 22.9 Å². The van der Waals surface area contributed by atoms with Gasteiger partial charge in [-0.25, -0.2) is 23.4 Å². The van der Waals surface area contributed by atoms with E-state index < -0.39 is 52.7 Å². The molecule has 0 bridgehead atoms. The fraction of sp³-hybridized carbons (Fsp3) is 0.357. The number of carboxylic acid groups (broad SMARTS) is 1. The normalized spacial score (nSPS) is 25.3. The molecule has 1 saturated heterocycles.